The molecular formula is C14H21F2NS. The Morgan fingerprint density at radius 2 is 1.83 bits per heavy atom. The summed E-state index contributed by atoms with van der Waals surface area (Å²) in [6, 6.07) is 4.03. The fraction of sp³-hybridized carbons (Fsp3) is 0.571. The van der Waals surface area contributed by atoms with E-state index >= 15 is 0 Å². The van der Waals surface area contributed by atoms with Crippen molar-refractivity contribution >= 4 is 11.8 Å². The van der Waals surface area contributed by atoms with Crippen LogP contribution in [0, 0.1) is 17.0 Å². The Morgan fingerprint density at radius 3 is 2.44 bits per heavy atom. The summed E-state index contributed by atoms with van der Waals surface area (Å²) in [5.74, 6) is -0.710. The third-order valence-corrected chi connectivity index (χ3v) is 3.49. The van der Waals surface area contributed by atoms with E-state index in [1.54, 1.807) is 6.07 Å². The van der Waals surface area contributed by atoms with Gasteiger partial charge in [0.05, 0.1) is 0 Å². The molecule has 0 spiro atoms. The minimum absolute atomic E-state index is 0.347. The zero-order chi connectivity index (χ0) is 13.6. The number of nitrogens with one attached hydrogen (secondary N) is 1. The summed E-state index contributed by atoms with van der Waals surface area (Å²) >= 11 is 1.53. The topological polar surface area (TPSA) is 12.0 Å². The van der Waals surface area contributed by atoms with Gasteiger partial charge in [0.1, 0.15) is 0 Å². The molecule has 1 aromatic rings. The third-order valence-electron chi connectivity index (χ3n) is 2.49. The summed E-state index contributed by atoms with van der Waals surface area (Å²) in [5.41, 5.74) is 0.347. The van der Waals surface area contributed by atoms with E-state index in [1.807, 2.05) is 0 Å². The maximum atomic E-state index is 12.9. The molecule has 0 radical (unpaired) electrons. The van der Waals surface area contributed by atoms with Gasteiger partial charge in [-0.2, -0.15) is 0 Å². The largest absolute Gasteiger partial charge is 0.316 e. The van der Waals surface area contributed by atoms with Crippen LogP contribution in [0.1, 0.15) is 27.2 Å². The van der Waals surface area contributed by atoms with E-state index in [4.69, 9.17) is 0 Å². The van der Waals surface area contributed by atoms with Crippen molar-refractivity contribution in [2.45, 2.75) is 32.1 Å². The molecule has 1 N–H and O–H groups in total. The first-order valence-corrected chi connectivity index (χ1v) is 7.16. The first-order valence-electron chi connectivity index (χ1n) is 6.17. The predicted octanol–water partition coefficient (Wildman–Crippen LogP) is 4.08. The SMILES string of the molecule is CC(C)(C)CCNCCSc1ccc(F)c(F)c1. The van der Waals surface area contributed by atoms with E-state index in [0.717, 1.165) is 30.2 Å². The highest BCUT2D eigenvalue weighted by atomic mass is 32.2. The zero-order valence-corrected chi connectivity index (χ0v) is 12.0. The second kappa shape index (κ2) is 7.10. The van der Waals surface area contributed by atoms with Crippen LogP contribution >= 0.6 is 11.8 Å². The Bertz CT molecular complexity index is 375. The maximum Gasteiger partial charge on any atom is 0.159 e. The van der Waals surface area contributed by atoms with Crippen molar-refractivity contribution in [1.29, 1.82) is 0 Å². The van der Waals surface area contributed by atoms with Gasteiger partial charge in [0.15, 0.2) is 11.6 Å². The van der Waals surface area contributed by atoms with Crippen LogP contribution in [0.3, 0.4) is 0 Å². The molecule has 4 heteroatoms. The Hall–Kier alpha value is -0.610. The van der Waals surface area contributed by atoms with Crippen LogP contribution in [-0.4, -0.2) is 18.8 Å². The minimum atomic E-state index is -0.789. The minimum Gasteiger partial charge on any atom is -0.316 e. The fourth-order valence-electron chi connectivity index (χ4n) is 1.40. The highest BCUT2D eigenvalue weighted by molar-refractivity contribution is 7.99. The lowest BCUT2D eigenvalue weighted by Gasteiger charge is -2.17. The Labute approximate surface area is 112 Å². The fourth-order valence-corrected chi connectivity index (χ4v) is 2.23. The summed E-state index contributed by atoms with van der Waals surface area (Å²) in [5, 5.41) is 3.35. The van der Waals surface area contributed by atoms with E-state index in [9.17, 15) is 8.78 Å². The maximum absolute atomic E-state index is 12.9. The second-order valence-corrected chi connectivity index (χ2v) is 6.65. The van der Waals surface area contributed by atoms with Crippen molar-refractivity contribution in [3.05, 3.63) is 29.8 Å². The molecule has 0 atom stereocenters. The van der Waals surface area contributed by atoms with Crippen molar-refractivity contribution in [3.63, 3.8) is 0 Å². The summed E-state index contributed by atoms with van der Waals surface area (Å²) in [6.07, 6.45) is 1.13. The van der Waals surface area contributed by atoms with E-state index in [-0.39, 0.29) is 0 Å². The first-order chi connectivity index (χ1) is 8.38. The highest BCUT2D eigenvalue weighted by Gasteiger charge is 2.08. The molecule has 0 heterocycles. The second-order valence-electron chi connectivity index (χ2n) is 5.49. The third kappa shape index (κ3) is 6.36. The molecule has 1 aromatic carbocycles. The van der Waals surface area contributed by atoms with Crippen molar-refractivity contribution in [3.8, 4) is 0 Å². The van der Waals surface area contributed by atoms with Crippen molar-refractivity contribution in [1.82, 2.24) is 5.32 Å². The molecule has 1 nitrogen and oxygen atoms in total. The number of thioether (sulfide) groups is 1. The lowest BCUT2D eigenvalue weighted by Crippen LogP contribution is -2.22. The summed E-state index contributed by atoms with van der Waals surface area (Å²) in [4.78, 5) is 0.770. The van der Waals surface area contributed by atoms with Crippen molar-refractivity contribution in [2.75, 3.05) is 18.8 Å². The van der Waals surface area contributed by atoms with Gasteiger partial charge in [0.2, 0.25) is 0 Å². The van der Waals surface area contributed by atoms with E-state index in [1.165, 1.54) is 23.9 Å². The van der Waals surface area contributed by atoms with Crippen LogP contribution in [0.25, 0.3) is 0 Å². The molecule has 0 aliphatic carbocycles. The van der Waals surface area contributed by atoms with Gasteiger partial charge in [-0.1, -0.05) is 20.8 Å². The standard InChI is InChI=1S/C14H21F2NS/c1-14(2,3)6-7-17-8-9-18-11-4-5-12(15)13(16)10-11/h4-5,10,17H,6-9H2,1-3H3. The molecule has 0 aromatic heterocycles. The van der Waals surface area contributed by atoms with Crippen LogP contribution in [0.5, 0.6) is 0 Å². The molecule has 0 fully saturated rings. The monoisotopic (exact) mass is 273 g/mol. The molecule has 0 bridgehead atoms. The zero-order valence-electron chi connectivity index (χ0n) is 11.2. The average Bonchev–Trinajstić information content (AvgIpc) is 2.26. The molecule has 102 valence electrons. The van der Waals surface area contributed by atoms with Crippen LogP contribution in [0.4, 0.5) is 8.78 Å². The Balaban J connectivity index is 2.16. The number of rotatable bonds is 6. The lowest BCUT2D eigenvalue weighted by molar-refractivity contribution is 0.369. The number of hydrogen-bond acceptors (Lipinski definition) is 2. The lowest BCUT2D eigenvalue weighted by atomic mass is 9.92. The molecule has 0 amide bonds. The van der Waals surface area contributed by atoms with Gasteiger partial charge in [-0.15, -0.1) is 11.8 Å². The van der Waals surface area contributed by atoms with Crippen LogP contribution in [0.15, 0.2) is 23.1 Å². The normalized spacial score (nSPS) is 11.8. The Kier molecular flexibility index (Phi) is 6.09. The van der Waals surface area contributed by atoms with Crippen LogP contribution < -0.4 is 5.32 Å². The van der Waals surface area contributed by atoms with Gasteiger partial charge in [-0.3, -0.25) is 0 Å². The number of benzene rings is 1. The van der Waals surface area contributed by atoms with E-state index in [2.05, 4.69) is 26.1 Å². The number of halogens is 2. The highest BCUT2D eigenvalue weighted by Crippen LogP contribution is 2.20. The average molecular weight is 273 g/mol. The van der Waals surface area contributed by atoms with Gasteiger partial charge in [-0.25, -0.2) is 8.78 Å². The van der Waals surface area contributed by atoms with Gasteiger partial charge >= 0.3 is 0 Å². The quantitative estimate of drug-likeness (QED) is 0.619. The van der Waals surface area contributed by atoms with Crippen molar-refractivity contribution in [2.24, 2.45) is 5.41 Å². The summed E-state index contributed by atoms with van der Waals surface area (Å²) in [6.45, 7) is 8.50. The van der Waals surface area contributed by atoms with Gasteiger partial charge in [-0.05, 0) is 36.6 Å². The molecule has 1 rings (SSSR count). The molecule has 0 aliphatic heterocycles. The van der Waals surface area contributed by atoms with Gasteiger partial charge < -0.3 is 5.32 Å². The first kappa shape index (κ1) is 15.4. The molecule has 18 heavy (non-hydrogen) atoms. The Morgan fingerprint density at radius 1 is 1.11 bits per heavy atom. The smallest absolute Gasteiger partial charge is 0.159 e. The van der Waals surface area contributed by atoms with Gasteiger partial charge in [0, 0.05) is 17.2 Å². The van der Waals surface area contributed by atoms with Crippen LogP contribution in [0.2, 0.25) is 0 Å². The van der Waals surface area contributed by atoms with E-state index < -0.39 is 11.6 Å². The molecule has 0 aliphatic rings. The number of hydrogen-bond donors (Lipinski definition) is 1. The molecular weight excluding hydrogens is 252 g/mol. The molecule has 0 unspecified atom stereocenters. The molecule has 0 saturated heterocycles. The van der Waals surface area contributed by atoms with Gasteiger partial charge in [0.25, 0.3) is 0 Å². The molecule has 0 saturated carbocycles. The van der Waals surface area contributed by atoms with Crippen molar-refractivity contribution < 1.29 is 8.78 Å². The van der Waals surface area contributed by atoms with Crippen LogP contribution in [-0.2, 0) is 0 Å². The van der Waals surface area contributed by atoms with E-state index in [0.29, 0.717) is 5.41 Å². The predicted molar refractivity (Wildman–Crippen MR) is 74.0 cm³/mol. The summed E-state index contributed by atoms with van der Waals surface area (Å²) < 4.78 is 25.6. The summed E-state index contributed by atoms with van der Waals surface area (Å²) in [7, 11) is 0.